The molecule has 7 nitrogen and oxygen atoms in total. The third-order valence-electron chi connectivity index (χ3n) is 4.33. The predicted molar refractivity (Wildman–Crippen MR) is 102 cm³/mol. The van der Waals surface area contributed by atoms with Crippen LogP contribution >= 0.6 is 15.9 Å². The van der Waals surface area contributed by atoms with Gasteiger partial charge in [-0.2, -0.15) is 0 Å². The molecule has 1 aliphatic rings. The second-order valence-electron chi connectivity index (χ2n) is 6.18. The van der Waals surface area contributed by atoms with Crippen LogP contribution in [-0.2, 0) is 16.9 Å². The van der Waals surface area contributed by atoms with Crippen molar-refractivity contribution in [3.63, 3.8) is 0 Å². The highest BCUT2D eigenvalue weighted by Crippen LogP contribution is 2.36. The van der Waals surface area contributed by atoms with Gasteiger partial charge in [0.25, 0.3) is 5.91 Å². The number of urea groups is 1. The lowest BCUT2D eigenvalue weighted by Crippen LogP contribution is -2.40. The Kier molecular flexibility index (Phi) is 5.46. The van der Waals surface area contributed by atoms with E-state index in [0.29, 0.717) is 30.5 Å². The standard InChI is InChI=1S/C19H21BrN2O5/c1-4-25-14-9-12(13(20)10-15(14)26-5-2)11-22-17(23)19(3,21-18(22)24)16-7-6-8-27-16/h6-10H,4-5,11H2,1-3H3,(H,21,24)/t19-/m1/s1. The molecule has 1 aliphatic heterocycles. The quantitative estimate of drug-likeness (QED) is 0.667. The van der Waals surface area contributed by atoms with Crippen molar-refractivity contribution in [3.8, 4) is 11.5 Å². The van der Waals surface area contributed by atoms with Crippen LogP contribution in [0.5, 0.6) is 11.5 Å². The number of ether oxygens (including phenoxy) is 2. The number of furan rings is 1. The molecule has 0 aliphatic carbocycles. The van der Waals surface area contributed by atoms with Gasteiger partial charge in [-0.1, -0.05) is 15.9 Å². The fourth-order valence-corrected chi connectivity index (χ4v) is 3.42. The smallest absolute Gasteiger partial charge is 0.325 e. The molecular formula is C19H21BrN2O5. The molecule has 1 aromatic heterocycles. The molecule has 1 saturated heterocycles. The lowest BCUT2D eigenvalue weighted by molar-refractivity contribution is -0.132. The van der Waals surface area contributed by atoms with Gasteiger partial charge in [-0.3, -0.25) is 9.69 Å². The van der Waals surface area contributed by atoms with E-state index in [9.17, 15) is 9.59 Å². The maximum atomic E-state index is 12.9. The Balaban J connectivity index is 1.89. The summed E-state index contributed by atoms with van der Waals surface area (Å²) in [5.41, 5.74) is -0.491. The maximum absolute atomic E-state index is 12.9. The molecule has 144 valence electrons. The number of benzene rings is 1. The Morgan fingerprint density at radius 1 is 1.19 bits per heavy atom. The number of carbonyl (C=O) groups excluding carboxylic acids is 2. The molecule has 2 heterocycles. The zero-order valence-electron chi connectivity index (χ0n) is 15.4. The summed E-state index contributed by atoms with van der Waals surface area (Å²) in [5.74, 6) is 1.19. The number of hydrogen-bond acceptors (Lipinski definition) is 5. The summed E-state index contributed by atoms with van der Waals surface area (Å²) < 4.78 is 17.3. The molecular weight excluding hydrogens is 416 g/mol. The van der Waals surface area contributed by atoms with Crippen LogP contribution in [0.1, 0.15) is 32.1 Å². The maximum Gasteiger partial charge on any atom is 0.325 e. The Hall–Kier alpha value is -2.48. The largest absolute Gasteiger partial charge is 0.490 e. The first-order valence-corrected chi connectivity index (χ1v) is 9.46. The van der Waals surface area contributed by atoms with Crippen LogP contribution in [0.4, 0.5) is 4.79 Å². The number of rotatable bonds is 7. The molecule has 3 rings (SSSR count). The molecule has 1 fully saturated rings. The Bertz CT molecular complexity index is 852. The highest BCUT2D eigenvalue weighted by atomic mass is 79.9. The van der Waals surface area contributed by atoms with Gasteiger partial charge in [-0.25, -0.2) is 4.79 Å². The number of amides is 3. The Morgan fingerprint density at radius 2 is 1.85 bits per heavy atom. The molecule has 0 saturated carbocycles. The minimum atomic E-state index is -1.22. The third kappa shape index (κ3) is 3.53. The van der Waals surface area contributed by atoms with E-state index in [-0.39, 0.29) is 12.5 Å². The van der Waals surface area contributed by atoms with E-state index in [2.05, 4.69) is 21.2 Å². The minimum Gasteiger partial charge on any atom is -0.490 e. The number of carbonyl (C=O) groups is 2. The number of halogens is 1. The molecule has 2 aromatic rings. The van der Waals surface area contributed by atoms with Gasteiger partial charge in [0.2, 0.25) is 0 Å². The zero-order chi connectivity index (χ0) is 19.6. The van der Waals surface area contributed by atoms with Crippen LogP contribution in [0.25, 0.3) is 0 Å². The Labute approximate surface area is 165 Å². The first kappa shape index (κ1) is 19.3. The molecule has 0 spiro atoms. The first-order chi connectivity index (χ1) is 12.9. The van der Waals surface area contributed by atoms with Crippen molar-refractivity contribution in [1.29, 1.82) is 0 Å². The molecule has 1 aromatic carbocycles. The van der Waals surface area contributed by atoms with Gasteiger partial charge in [0, 0.05) is 4.47 Å². The monoisotopic (exact) mass is 436 g/mol. The molecule has 0 unspecified atom stereocenters. The normalized spacial score (nSPS) is 19.3. The fourth-order valence-electron chi connectivity index (χ4n) is 2.98. The van der Waals surface area contributed by atoms with E-state index >= 15 is 0 Å². The van der Waals surface area contributed by atoms with Crippen LogP contribution in [-0.4, -0.2) is 30.1 Å². The van der Waals surface area contributed by atoms with Gasteiger partial charge in [0.15, 0.2) is 17.0 Å². The lowest BCUT2D eigenvalue weighted by Gasteiger charge is -2.20. The zero-order valence-corrected chi connectivity index (χ0v) is 17.0. The number of hydrogen-bond donors (Lipinski definition) is 1. The Morgan fingerprint density at radius 3 is 2.44 bits per heavy atom. The highest BCUT2D eigenvalue weighted by Gasteiger charge is 2.51. The van der Waals surface area contributed by atoms with Crippen LogP contribution in [0.3, 0.4) is 0 Å². The summed E-state index contributed by atoms with van der Waals surface area (Å²) in [6.45, 7) is 6.46. The van der Waals surface area contributed by atoms with Crippen molar-refractivity contribution in [2.45, 2.75) is 32.9 Å². The predicted octanol–water partition coefficient (Wildman–Crippen LogP) is 3.81. The first-order valence-electron chi connectivity index (χ1n) is 8.66. The van der Waals surface area contributed by atoms with Crippen molar-refractivity contribution >= 4 is 27.9 Å². The van der Waals surface area contributed by atoms with Crippen LogP contribution in [0, 0.1) is 0 Å². The summed E-state index contributed by atoms with van der Waals surface area (Å²) >= 11 is 3.49. The topological polar surface area (TPSA) is 81.0 Å². The number of nitrogens with one attached hydrogen (secondary N) is 1. The van der Waals surface area contributed by atoms with E-state index < -0.39 is 11.6 Å². The van der Waals surface area contributed by atoms with Gasteiger partial charge < -0.3 is 19.2 Å². The van der Waals surface area contributed by atoms with Crippen molar-refractivity contribution in [1.82, 2.24) is 10.2 Å². The van der Waals surface area contributed by atoms with Crippen LogP contribution in [0.15, 0.2) is 39.4 Å². The summed E-state index contributed by atoms with van der Waals surface area (Å²) in [5, 5.41) is 2.72. The van der Waals surface area contributed by atoms with Crippen molar-refractivity contribution < 1.29 is 23.5 Å². The fraction of sp³-hybridized carbons (Fsp3) is 0.368. The summed E-state index contributed by atoms with van der Waals surface area (Å²) in [6.07, 6.45) is 1.47. The van der Waals surface area contributed by atoms with E-state index in [1.165, 1.54) is 11.2 Å². The van der Waals surface area contributed by atoms with E-state index in [1.54, 1.807) is 31.2 Å². The molecule has 1 N–H and O–H groups in total. The third-order valence-corrected chi connectivity index (χ3v) is 5.07. The van der Waals surface area contributed by atoms with E-state index in [4.69, 9.17) is 13.9 Å². The molecule has 3 amide bonds. The van der Waals surface area contributed by atoms with Crippen LogP contribution < -0.4 is 14.8 Å². The van der Waals surface area contributed by atoms with Gasteiger partial charge in [-0.05, 0) is 50.6 Å². The van der Waals surface area contributed by atoms with E-state index in [1.807, 2.05) is 13.8 Å². The summed E-state index contributed by atoms with van der Waals surface area (Å²) in [4.78, 5) is 26.6. The molecule has 1 atom stereocenters. The molecule has 27 heavy (non-hydrogen) atoms. The van der Waals surface area contributed by atoms with E-state index in [0.717, 1.165) is 10.0 Å². The SMILES string of the molecule is CCOc1cc(Br)c(CN2C(=O)N[C@](C)(c3ccco3)C2=O)cc1OCC. The second-order valence-corrected chi connectivity index (χ2v) is 7.03. The van der Waals surface area contributed by atoms with Gasteiger partial charge in [-0.15, -0.1) is 0 Å². The van der Waals surface area contributed by atoms with Gasteiger partial charge >= 0.3 is 6.03 Å². The van der Waals surface area contributed by atoms with Gasteiger partial charge in [0.1, 0.15) is 5.76 Å². The average molecular weight is 437 g/mol. The molecule has 0 bridgehead atoms. The van der Waals surface area contributed by atoms with Crippen molar-refractivity contribution in [2.24, 2.45) is 0 Å². The van der Waals surface area contributed by atoms with Gasteiger partial charge in [0.05, 0.1) is 26.0 Å². The second kappa shape index (κ2) is 7.64. The summed E-state index contributed by atoms with van der Waals surface area (Å²) in [6, 6.07) is 6.44. The highest BCUT2D eigenvalue weighted by molar-refractivity contribution is 9.10. The van der Waals surface area contributed by atoms with Crippen molar-refractivity contribution in [3.05, 3.63) is 46.3 Å². The number of nitrogens with zero attached hydrogens (tertiary/aromatic N) is 1. The lowest BCUT2D eigenvalue weighted by atomic mass is 9.99. The number of imide groups is 1. The summed E-state index contributed by atoms with van der Waals surface area (Å²) in [7, 11) is 0. The van der Waals surface area contributed by atoms with Crippen LogP contribution in [0.2, 0.25) is 0 Å². The van der Waals surface area contributed by atoms with Crippen molar-refractivity contribution in [2.75, 3.05) is 13.2 Å². The average Bonchev–Trinajstić information content (AvgIpc) is 3.23. The minimum absolute atomic E-state index is 0.0913. The molecule has 0 radical (unpaired) electrons. The molecule has 8 heteroatoms.